The van der Waals surface area contributed by atoms with Crippen molar-refractivity contribution in [3.63, 3.8) is 0 Å². The van der Waals surface area contributed by atoms with Gasteiger partial charge in [-0.15, -0.1) is 0 Å². The Bertz CT molecular complexity index is 940. The molecule has 0 saturated carbocycles. The number of pyridine rings is 1. The van der Waals surface area contributed by atoms with Gasteiger partial charge in [0.15, 0.2) is 11.5 Å². The summed E-state index contributed by atoms with van der Waals surface area (Å²) in [5.74, 6) is 1.50. The summed E-state index contributed by atoms with van der Waals surface area (Å²) in [7, 11) is 3.70. The first kappa shape index (κ1) is 17.8. The van der Waals surface area contributed by atoms with E-state index in [0.717, 1.165) is 40.3 Å². The Kier molecular flexibility index (Phi) is 5.45. The van der Waals surface area contributed by atoms with Crippen LogP contribution < -0.4 is 9.47 Å². The van der Waals surface area contributed by atoms with Gasteiger partial charge in [0, 0.05) is 31.0 Å². The summed E-state index contributed by atoms with van der Waals surface area (Å²) in [6.07, 6.45) is 4.00. The van der Waals surface area contributed by atoms with Gasteiger partial charge in [-0.1, -0.05) is 12.1 Å². The van der Waals surface area contributed by atoms with E-state index >= 15 is 0 Å². The van der Waals surface area contributed by atoms with E-state index in [4.69, 9.17) is 9.47 Å². The zero-order valence-electron chi connectivity index (χ0n) is 15.4. The van der Waals surface area contributed by atoms with Crippen LogP contribution in [0.5, 0.6) is 11.5 Å². The summed E-state index contributed by atoms with van der Waals surface area (Å²) in [4.78, 5) is 2.19. The minimum absolute atomic E-state index is 0.606. The first-order valence-electron chi connectivity index (χ1n) is 8.63. The highest BCUT2D eigenvalue weighted by Gasteiger charge is 2.13. The van der Waals surface area contributed by atoms with Crippen LogP contribution in [0.4, 0.5) is 0 Å². The van der Waals surface area contributed by atoms with Gasteiger partial charge < -0.3 is 13.9 Å². The maximum absolute atomic E-state index is 9.55. The average molecular weight is 349 g/mol. The zero-order chi connectivity index (χ0) is 18.5. The summed E-state index contributed by atoms with van der Waals surface area (Å²) in [5, 5.41) is 9.55. The van der Waals surface area contributed by atoms with E-state index in [1.807, 2.05) is 67.2 Å². The predicted octanol–water partition coefficient (Wildman–Crippen LogP) is 3.85. The molecule has 0 atom stereocenters. The second-order valence-corrected chi connectivity index (χ2v) is 6.22. The average Bonchev–Trinajstić information content (AvgIpc) is 2.99. The van der Waals surface area contributed by atoms with Crippen molar-refractivity contribution in [2.45, 2.75) is 20.0 Å². The van der Waals surface area contributed by atoms with Crippen LogP contribution in [0, 0.1) is 11.3 Å². The van der Waals surface area contributed by atoms with Crippen molar-refractivity contribution in [3.8, 4) is 17.6 Å². The quantitative estimate of drug-likeness (QED) is 0.650. The van der Waals surface area contributed by atoms with Gasteiger partial charge in [0.05, 0.1) is 24.8 Å². The highest BCUT2D eigenvalue weighted by molar-refractivity contribution is 5.65. The van der Waals surface area contributed by atoms with E-state index in [2.05, 4.69) is 11.0 Å². The normalized spacial score (nSPS) is 10.9. The van der Waals surface area contributed by atoms with E-state index in [1.54, 1.807) is 7.11 Å². The third kappa shape index (κ3) is 3.66. The first-order chi connectivity index (χ1) is 12.7. The molecule has 26 heavy (non-hydrogen) atoms. The number of ether oxygens (including phenoxy) is 2. The molecule has 0 bridgehead atoms. The van der Waals surface area contributed by atoms with Crippen molar-refractivity contribution in [1.29, 1.82) is 5.26 Å². The molecule has 0 unspecified atom stereocenters. The molecule has 0 fully saturated rings. The van der Waals surface area contributed by atoms with Gasteiger partial charge >= 0.3 is 0 Å². The van der Waals surface area contributed by atoms with E-state index in [0.29, 0.717) is 13.2 Å². The van der Waals surface area contributed by atoms with Gasteiger partial charge in [-0.3, -0.25) is 4.90 Å². The molecule has 134 valence electrons. The minimum atomic E-state index is 0.606. The lowest BCUT2D eigenvalue weighted by atomic mass is 10.1. The first-order valence-corrected chi connectivity index (χ1v) is 8.63. The molecule has 0 aliphatic rings. The molecular formula is C21H23N3O2. The topological polar surface area (TPSA) is 49.9 Å². The third-order valence-corrected chi connectivity index (χ3v) is 4.29. The molecule has 0 aliphatic carbocycles. The predicted molar refractivity (Wildman–Crippen MR) is 101 cm³/mol. The van der Waals surface area contributed by atoms with Crippen LogP contribution in [-0.4, -0.2) is 30.1 Å². The number of aromatic nitrogens is 1. The largest absolute Gasteiger partial charge is 0.493 e. The van der Waals surface area contributed by atoms with E-state index in [-0.39, 0.29) is 0 Å². The molecule has 0 aliphatic heterocycles. The van der Waals surface area contributed by atoms with Crippen LogP contribution in [0.2, 0.25) is 0 Å². The number of rotatable bonds is 7. The highest BCUT2D eigenvalue weighted by atomic mass is 16.5. The van der Waals surface area contributed by atoms with E-state index < -0.39 is 0 Å². The summed E-state index contributed by atoms with van der Waals surface area (Å²) >= 11 is 0. The highest BCUT2D eigenvalue weighted by Crippen LogP contribution is 2.28. The van der Waals surface area contributed by atoms with Gasteiger partial charge in [-0.2, -0.15) is 5.26 Å². The zero-order valence-corrected chi connectivity index (χ0v) is 15.4. The van der Waals surface area contributed by atoms with Crippen LogP contribution in [-0.2, 0) is 13.1 Å². The Morgan fingerprint density at radius 3 is 2.73 bits per heavy atom. The molecule has 0 spiro atoms. The third-order valence-electron chi connectivity index (χ3n) is 4.29. The Hall–Kier alpha value is -2.97. The van der Waals surface area contributed by atoms with Crippen LogP contribution in [0.1, 0.15) is 23.6 Å². The smallest absolute Gasteiger partial charge is 0.161 e. The lowest BCUT2D eigenvalue weighted by Crippen LogP contribution is -2.17. The Morgan fingerprint density at radius 2 is 2.00 bits per heavy atom. The van der Waals surface area contributed by atoms with Crippen LogP contribution in [0.15, 0.2) is 48.8 Å². The molecule has 0 N–H and O–H groups in total. The Balaban J connectivity index is 1.77. The molecule has 5 nitrogen and oxygen atoms in total. The number of hydrogen-bond acceptors (Lipinski definition) is 4. The molecule has 3 rings (SSSR count). The number of methoxy groups -OCH3 is 1. The van der Waals surface area contributed by atoms with Gasteiger partial charge in [-0.25, -0.2) is 0 Å². The number of nitriles is 1. The van der Waals surface area contributed by atoms with Gasteiger partial charge in [-0.05, 0) is 43.8 Å². The van der Waals surface area contributed by atoms with Crippen molar-refractivity contribution in [2.75, 3.05) is 20.8 Å². The summed E-state index contributed by atoms with van der Waals surface area (Å²) in [5.41, 5.74) is 3.84. The van der Waals surface area contributed by atoms with Crippen molar-refractivity contribution in [2.24, 2.45) is 0 Å². The van der Waals surface area contributed by atoms with Gasteiger partial charge in [0.25, 0.3) is 0 Å². The molecule has 0 radical (unpaired) electrons. The standard InChI is InChI=1S/C21H23N3O2/c1-4-26-20-9-8-16(11-21(20)25-3)13-23(2)14-17-15-24-10-6-5-7-19(24)18(17)12-22/h5-11,15H,4,13-14H2,1-3H3. The second-order valence-electron chi connectivity index (χ2n) is 6.22. The Morgan fingerprint density at radius 1 is 1.15 bits per heavy atom. The fourth-order valence-electron chi connectivity index (χ4n) is 3.17. The van der Waals surface area contributed by atoms with E-state index in [9.17, 15) is 5.26 Å². The number of benzene rings is 1. The van der Waals surface area contributed by atoms with Crippen LogP contribution in [0.3, 0.4) is 0 Å². The van der Waals surface area contributed by atoms with Crippen LogP contribution >= 0.6 is 0 Å². The maximum Gasteiger partial charge on any atom is 0.161 e. The molecular weight excluding hydrogens is 326 g/mol. The summed E-state index contributed by atoms with van der Waals surface area (Å²) in [6, 6.07) is 14.2. The van der Waals surface area contributed by atoms with Crippen molar-refractivity contribution < 1.29 is 9.47 Å². The monoisotopic (exact) mass is 349 g/mol. The SMILES string of the molecule is CCOc1ccc(CN(C)Cc2cn3ccccc3c2C#N)cc1OC. The van der Waals surface area contributed by atoms with Gasteiger partial charge in [0.2, 0.25) is 0 Å². The fraction of sp³-hybridized carbons (Fsp3) is 0.286. The molecule has 2 heterocycles. The van der Waals surface area contributed by atoms with Crippen LogP contribution in [0.25, 0.3) is 5.52 Å². The molecule has 0 amide bonds. The second kappa shape index (κ2) is 7.94. The number of fused-ring (bicyclic) bond motifs is 1. The molecule has 3 aromatic rings. The fourth-order valence-corrected chi connectivity index (χ4v) is 3.17. The molecule has 0 saturated heterocycles. The van der Waals surface area contributed by atoms with Crippen molar-refractivity contribution in [3.05, 3.63) is 65.5 Å². The van der Waals surface area contributed by atoms with Crippen molar-refractivity contribution >= 4 is 5.52 Å². The number of nitrogens with zero attached hydrogens (tertiary/aromatic N) is 3. The summed E-state index contributed by atoms with van der Waals surface area (Å²) in [6.45, 7) is 4.00. The van der Waals surface area contributed by atoms with E-state index in [1.165, 1.54) is 0 Å². The summed E-state index contributed by atoms with van der Waals surface area (Å²) < 4.78 is 13.0. The minimum Gasteiger partial charge on any atom is -0.493 e. The molecule has 2 aromatic heterocycles. The molecule has 5 heteroatoms. The maximum atomic E-state index is 9.55. The molecule has 1 aromatic carbocycles. The lowest BCUT2D eigenvalue weighted by Gasteiger charge is -2.17. The van der Waals surface area contributed by atoms with Gasteiger partial charge in [0.1, 0.15) is 6.07 Å². The Labute approximate surface area is 154 Å². The number of hydrogen-bond donors (Lipinski definition) is 0. The van der Waals surface area contributed by atoms with Crippen molar-refractivity contribution in [1.82, 2.24) is 9.30 Å². The lowest BCUT2D eigenvalue weighted by molar-refractivity contribution is 0.305.